The number of aromatic nitrogens is 3. The maximum atomic E-state index is 5.98. The van der Waals surface area contributed by atoms with E-state index in [-0.39, 0.29) is 0 Å². The van der Waals surface area contributed by atoms with Crippen molar-refractivity contribution in [2.45, 2.75) is 26.9 Å². The summed E-state index contributed by atoms with van der Waals surface area (Å²) in [4.78, 5) is 9.33. The van der Waals surface area contributed by atoms with E-state index in [1.165, 1.54) is 0 Å². The van der Waals surface area contributed by atoms with E-state index in [1.807, 2.05) is 49.6 Å². The van der Waals surface area contributed by atoms with E-state index in [9.17, 15) is 0 Å². The number of imidazole rings is 1. The summed E-state index contributed by atoms with van der Waals surface area (Å²) >= 11 is 0. The third-order valence-corrected chi connectivity index (χ3v) is 4.50. The van der Waals surface area contributed by atoms with Crippen LogP contribution in [-0.4, -0.2) is 14.4 Å². The van der Waals surface area contributed by atoms with Crippen LogP contribution in [0.5, 0.6) is 5.75 Å². The fraction of sp³-hybridized carbons (Fsp3) is 0.182. The molecule has 2 aromatic carbocycles. The standard InChI is InChI=1S/C22H21N3O/c1-3-20-22-21(24-16(2)25(22)13-12-23-20)18-10-7-11-19(14-18)26-15-17-8-5-4-6-9-17/h4-14H,3,15H2,1-2H3. The van der Waals surface area contributed by atoms with Gasteiger partial charge in [0.25, 0.3) is 0 Å². The highest BCUT2D eigenvalue weighted by Gasteiger charge is 2.14. The van der Waals surface area contributed by atoms with Crippen LogP contribution in [0, 0.1) is 6.92 Å². The minimum atomic E-state index is 0.551. The Kier molecular flexibility index (Phi) is 4.40. The molecule has 0 aliphatic rings. The molecule has 26 heavy (non-hydrogen) atoms. The first-order valence-electron chi connectivity index (χ1n) is 8.86. The van der Waals surface area contributed by atoms with Crippen molar-refractivity contribution in [3.05, 3.63) is 84.1 Å². The van der Waals surface area contributed by atoms with Gasteiger partial charge in [-0.25, -0.2) is 4.98 Å². The van der Waals surface area contributed by atoms with Gasteiger partial charge in [-0.1, -0.05) is 49.4 Å². The van der Waals surface area contributed by atoms with E-state index in [0.29, 0.717) is 6.61 Å². The normalized spacial score (nSPS) is 11.0. The summed E-state index contributed by atoms with van der Waals surface area (Å²) < 4.78 is 8.09. The quantitative estimate of drug-likeness (QED) is 0.520. The van der Waals surface area contributed by atoms with Crippen LogP contribution < -0.4 is 4.74 Å². The lowest BCUT2D eigenvalue weighted by molar-refractivity contribution is 0.306. The second kappa shape index (κ2) is 7.00. The first kappa shape index (κ1) is 16.3. The van der Waals surface area contributed by atoms with Crippen LogP contribution in [0.15, 0.2) is 67.0 Å². The van der Waals surface area contributed by atoms with Crippen molar-refractivity contribution in [3.8, 4) is 17.0 Å². The molecule has 0 bridgehead atoms. The molecule has 0 fully saturated rings. The lowest BCUT2D eigenvalue weighted by Crippen LogP contribution is -1.96. The first-order chi connectivity index (χ1) is 12.8. The van der Waals surface area contributed by atoms with Crippen molar-refractivity contribution >= 4 is 5.52 Å². The van der Waals surface area contributed by atoms with Crippen LogP contribution in [0.25, 0.3) is 16.8 Å². The predicted molar refractivity (Wildman–Crippen MR) is 103 cm³/mol. The van der Waals surface area contributed by atoms with Gasteiger partial charge >= 0.3 is 0 Å². The zero-order valence-corrected chi connectivity index (χ0v) is 15.0. The Morgan fingerprint density at radius 2 is 1.88 bits per heavy atom. The van der Waals surface area contributed by atoms with Gasteiger partial charge in [0.1, 0.15) is 18.2 Å². The molecule has 4 aromatic rings. The van der Waals surface area contributed by atoms with Crippen molar-refractivity contribution < 1.29 is 4.74 Å². The second-order valence-electron chi connectivity index (χ2n) is 6.26. The number of fused-ring (bicyclic) bond motifs is 1. The van der Waals surface area contributed by atoms with Crippen LogP contribution in [0.2, 0.25) is 0 Å². The fourth-order valence-corrected chi connectivity index (χ4v) is 3.19. The lowest BCUT2D eigenvalue weighted by atomic mass is 10.1. The van der Waals surface area contributed by atoms with E-state index >= 15 is 0 Å². The number of hydrogen-bond acceptors (Lipinski definition) is 3. The molecule has 2 aromatic heterocycles. The number of aryl methyl sites for hydroxylation is 2. The van der Waals surface area contributed by atoms with Gasteiger partial charge in [0.05, 0.1) is 16.9 Å². The zero-order valence-electron chi connectivity index (χ0n) is 15.0. The van der Waals surface area contributed by atoms with E-state index in [0.717, 1.165) is 46.0 Å². The van der Waals surface area contributed by atoms with Gasteiger partial charge in [0, 0.05) is 18.0 Å². The average molecular weight is 343 g/mol. The molecule has 0 spiro atoms. The monoisotopic (exact) mass is 343 g/mol. The van der Waals surface area contributed by atoms with Gasteiger partial charge in [-0.3, -0.25) is 4.98 Å². The van der Waals surface area contributed by atoms with Crippen molar-refractivity contribution in [1.82, 2.24) is 14.4 Å². The number of nitrogens with zero attached hydrogens (tertiary/aromatic N) is 3. The van der Waals surface area contributed by atoms with Gasteiger partial charge in [0.2, 0.25) is 0 Å². The Balaban J connectivity index is 1.70. The molecule has 0 aliphatic heterocycles. The Morgan fingerprint density at radius 1 is 1.04 bits per heavy atom. The predicted octanol–water partition coefficient (Wildman–Crippen LogP) is 4.85. The highest BCUT2D eigenvalue weighted by molar-refractivity contribution is 5.80. The summed E-state index contributed by atoms with van der Waals surface area (Å²) in [7, 11) is 0. The van der Waals surface area contributed by atoms with Gasteiger partial charge < -0.3 is 9.14 Å². The largest absolute Gasteiger partial charge is 0.489 e. The van der Waals surface area contributed by atoms with Gasteiger partial charge in [-0.05, 0) is 31.0 Å². The van der Waals surface area contributed by atoms with Crippen molar-refractivity contribution in [3.63, 3.8) is 0 Å². The Bertz CT molecular complexity index is 1040. The molecule has 0 saturated carbocycles. The summed E-state index contributed by atoms with van der Waals surface area (Å²) in [6, 6.07) is 18.3. The number of ether oxygens (including phenoxy) is 1. The second-order valence-corrected chi connectivity index (χ2v) is 6.26. The molecule has 130 valence electrons. The molecule has 0 saturated heterocycles. The summed E-state index contributed by atoms with van der Waals surface area (Å²) in [5.41, 5.74) is 5.28. The van der Waals surface area contributed by atoms with Gasteiger partial charge in [-0.2, -0.15) is 0 Å². The Hall–Kier alpha value is -3.14. The molecule has 4 nitrogen and oxygen atoms in total. The third kappa shape index (κ3) is 3.06. The van der Waals surface area contributed by atoms with Crippen LogP contribution in [0.1, 0.15) is 24.0 Å². The highest BCUT2D eigenvalue weighted by atomic mass is 16.5. The molecule has 0 aliphatic carbocycles. The van der Waals surface area contributed by atoms with Gasteiger partial charge in [-0.15, -0.1) is 0 Å². The molecule has 0 unspecified atom stereocenters. The molecular weight excluding hydrogens is 322 g/mol. The SMILES string of the molecule is CCc1nccn2c(C)nc(-c3cccc(OCc4ccccc4)c3)c12. The van der Waals surface area contributed by atoms with Gasteiger partial charge in [0.15, 0.2) is 0 Å². The van der Waals surface area contributed by atoms with Crippen molar-refractivity contribution in [2.24, 2.45) is 0 Å². The number of hydrogen-bond donors (Lipinski definition) is 0. The average Bonchev–Trinajstić information content (AvgIpc) is 3.04. The maximum absolute atomic E-state index is 5.98. The molecule has 4 rings (SSSR count). The van der Waals surface area contributed by atoms with E-state index < -0.39 is 0 Å². The zero-order chi connectivity index (χ0) is 17.9. The number of rotatable bonds is 5. The third-order valence-electron chi connectivity index (χ3n) is 4.50. The van der Waals surface area contributed by atoms with E-state index in [1.54, 1.807) is 0 Å². The molecule has 0 atom stereocenters. The fourth-order valence-electron chi connectivity index (χ4n) is 3.19. The van der Waals surface area contributed by atoms with Crippen LogP contribution in [-0.2, 0) is 13.0 Å². The summed E-state index contributed by atoms with van der Waals surface area (Å²) in [6.07, 6.45) is 4.67. The van der Waals surface area contributed by atoms with E-state index in [2.05, 4.69) is 40.6 Å². The maximum Gasteiger partial charge on any atom is 0.120 e. The number of benzene rings is 2. The minimum absolute atomic E-state index is 0.551. The molecule has 4 heteroatoms. The summed E-state index contributed by atoms with van der Waals surface area (Å²) in [5, 5.41) is 0. The molecule has 2 heterocycles. The smallest absolute Gasteiger partial charge is 0.120 e. The van der Waals surface area contributed by atoms with Crippen LogP contribution >= 0.6 is 0 Å². The summed E-state index contributed by atoms with van der Waals surface area (Å²) in [6.45, 7) is 4.69. The van der Waals surface area contributed by atoms with E-state index in [4.69, 9.17) is 9.72 Å². The van der Waals surface area contributed by atoms with Crippen molar-refractivity contribution in [2.75, 3.05) is 0 Å². The lowest BCUT2D eigenvalue weighted by Gasteiger charge is -2.08. The molecule has 0 amide bonds. The first-order valence-corrected chi connectivity index (χ1v) is 8.86. The van der Waals surface area contributed by atoms with Crippen LogP contribution in [0.3, 0.4) is 0 Å². The Morgan fingerprint density at radius 3 is 2.69 bits per heavy atom. The van der Waals surface area contributed by atoms with Crippen molar-refractivity contribution in [1.29, 1.82) is 0 Å². The molecular formula is C22H21N3O. The minimum Gasteiger partial charge on any atom is -0.489 e. The topological polar surface area (TPSA) is 39.4 Å². The highest BCUT2D eigenvalue weighted by Crippen LogP contribution is 2.29. The summed E-state index contributed by atoms with van der Waals surface area (Å²) in [5.74, 6) is 1.80. The van der Waals surface area contributed by atoms with Crippen LogP contribution in [0.4, 0.5) is 0 Å². The molecule has 0 N–H and O–H groups in total. The Labute approximate surface area is 153 Å². The molecule has 0 radical (unpaired) electrons.